The van der Waals surface area contributed by atoms with E-state index in [1.54, 1.807) is 12.4 Å². The quantitative estimate of drug-likeness (QED) is 0.780. The van der Waals surface area contributed by atoms with Gasteiger partial charge >= 0.3 is 0 Å². The maximum absolute atomic E-state index is 4.56. The minimum atomic E-state index is 0.338. The second-order valence-corrected chi connectivity index (χ2v) is 6.73. The van der Waals surface area contributed by atoms with Crippen molar-refractivity contribution in [1.82, 2.24) is 14.9 Å². The zero-order valence-corrected chi connectivity index (χ0v) is 14.1. The Bertz CT molecular complexity index is 756. The van der Waals surface area contributed by atoms with E-state index in [2.05, 4.69) is 64.3 Å². The number of hydrogen-bond acceptors (Lipinski definition) is 3. The minimum Gasteiger partial charge on any atom is -0.296 e. The second kappa shape index (κ2) is 6.70. The van der Waals surface area contributed by atoms with Crippen LogP contribution in [0.5, 0.6) is 0 Å². The molecule has 1 aromatic carbocycles. The van der Waals surface area contributed by atoms with Crippen LogP contribution in [0.25, 0.3) is 6.08 Å². The largest absolute Gasteiger partial charge is 0.296 e. The molecule has 3 heteroatoms. The van der Waals surface area contributed by atoms with Gasteiger partial charge in [-0.05, 0) is 17.5 Å². The number of aromatic nitrogens is 2. The standard InChI is InChI=1S/C21H23N3/c1-16(20-15-22-9-10-23-20)21-18(8-13-24-11-4-5-12-24)14-17-6-2-3-7-19(17)21/h2-7,9-10,14-16,21H,8,11-13H2,1H3. The molecule has 122 valence electrons. The molecule has 0 amide bonds. The number of rotatable bonds is 5. The lowest BCUT2D eigenvalue weighted by atomic mass is 9.81. The molecule has 1 aliphatic heterocycles. The van der Waals surface area contributed by atoms with Crippen molar-refractivity contribution < 1.29 is 0 Å². The zero-order valence-electron chi connectivity index (χ0n) is 14.1. The van der Waals surface area contributed by atoms with Gasteiger partial charge < -0.3 is 0 Å². The van der Waals surface area contributed by atoms with Crippen molar-refractivity contribution >= 4 is 6.08 Å². The predicted octanol–water partition coefficient (Wildman–Crippen LogP) is 4.02. The maximum Gasteiger partial charge on any atom is 0.0624 e. The van der Waals surface area contributed by atoms with Gasteiger partial charge in [-0.1, -0.05) is 55.0 Å². The van der Waals surface area contributed by atoms with Crippen molar-refractivity contribution in [2.75, 3.05) is 19.6 Å². The van der Waals surface area contributed by atoms with Crippen LogP contribution in [0.2, 0.25) is 0 Å². The van der Waals surface area contributed by atoms with E-state index in [-0.39, 0.29) is 0 Å². The summed E-state index contributed by atoms with van der Waals surface area (Å²) in [6.07, 6.45) is 13.5. The highest BCUT2D eigenvalue weighted by molar-refractivity contribution is 5.67. The maximum atomic E-state index is 4.56. The second-order valence-electron chi connectivity index (χ2n) is 6.73. The summed E-state index contributed by atoms with van der Waals surface area (Å²) in [5, 5.41) is 0. The fraction of sp³-hybridized carbons (Fsp3) is 0.333. The molecule has 0 spiro atoms. The van der Waals surface area contributed by atoms with Crippen molar-refractivity contribution in [3.05, 3.63) is 77.4 Å². The molecule has 0 saturated heterocycles. The van der Waals surface area contributed by atoms with Crippen LogP contribution < -0.4 is 0 Å². The summed E-state index contributed by atoms with van der Waals surface area (Å²) in [5.41, 5.74) is 5.41. The third kappa shape index (κ3) is 2.92. The van der Waals surface area contributed by atoms with Gasteiger partial charge in [0.1, 0.15) is 0 Å². The van der Waals surface area contributed by atoms with Crippen LogP contribution in [0.1, 0.15) is 42.0 Å². The highest BCUT2D eigenvalue weighted by Crippen LogP contribution is 2.45. The van der Waals surface area contributed by atoms with Gasteiger partial charge in [-0.15, -0.1) is 0 Å². The Morgan fingerprint density at radius 2 is 2.00 bits per heavy atom. The van der Waals surface area contributed by atoms with Gasteiger partial charge in [0.2, 0.25) is 0 Å². The molecule has 0 bridgehead atoms. The molecule has 2 unspecified atom stereocenters. The molecular formula is C21H23N3. The lowest BCUT2D eigenvalue weighted by molar-refractivity contribution is 0.353. The van der Waals surface area contributed by atoms with Crippen molar-refractivity contribution in [2.24, 2.45) is 0 Å². The molecule has 1 aliphatic carbocycles. The summed E-state index contributed by atoms with van der Waals surface area (Å²) in [6, 6.07) is 8.78. The van der Waals surface area contributed by atoms with E-state index in [0.29, 0.717) is 11.8 Å². The van der Waals surface area contributed by atoms with E-state index in [1.165, 1.54) is 16.7 Å². The van der Waals surface area contributed by atoms with Gasteiger partial charge in [-0.3, -0.25) is 14.9 Å². The molecule has 4 rings (SSSR count). The zero-order chi connectivity index (χ0) is 16.4. The lowest BCUT2D eigenvalue weighted by Crippen LogP contribution is -2.22. The summed E-state index contributed by atoms with van der Waals surface area (Å²) in [4.78, 5) is 11.3. The summed E-state index contributed by atoms with van der Waals surface area (Å²) in [5.74, 6) is 0.749. The van der Waals surface area contributed by atoms with Gasteiger partial charge in [0, 0.05) is 50.1 Å². The molecule has 2 aliphatic rings. The minimum absolute atomic E-state index is 0.338. The summed E-state index contributed by atoms with van der Waals surface area (Å²) < 4.78 is 0. The molecular weight excluding hydrogens is 294 g/mol. The van der Waals surface area contributed by atoms with Gasteiger partial charge in [0.15, 0.2) is 0 Å². The Kier molecular flexibility index (Phi) is 4.26. The molecule has 24 heavy (non-hydrogen) atoms. The summed E-state index contributed by atoms with van der Waals surface area (Å²) >= 11 is 0. The summed E-state index contributed by atoms with van der Waals surface area (Å²) in [7, 11) is 0. The van der Waals surface area contributed by atoms with E-state index in [4.69, 9.17) is 0 Å². The van der Waals surface area contributed by atoms with E-state index >= 15 is 0 Å². The lowest BCUT2D eigenvalue weighted by Gasteiger charge is -2.25. The van der Waals surface area contributed by atoms with Gasteiger partial charge in [0.25, 0.3) is 0 Å². The Hall–Kier alpha value is -2.26. The van der Waals surface area contributed by atoms with Crippen LogP contribution in [-0.2, 0) is 0 Å². The van der Waals surface area contributed by atoms with Gasteiger partial charge in [-0.25, -0.2) is 0 Å². The molecule has 2 aromatic rings. The first kappa shape index (κ1) is 15.3. The number of fused-ring (bicyclic) bond motifs is 1. The fourth-order valence-corrected chi connectivity index (χ4v) is 3.94. The molecule has 0 N–H and O–H groups in total. The Labute approximate surface area is 143 Å². The number of nitrogens with zero attached hydrogens (tertiary/aromatic N) is 3. The van der Waals surface area contributed by atoms with Gasteiger partial charge in [0.05, 0.1) is 5.69 Å². The first-order chi connectivity index (χ1) is 11.8. The average molecular weight is 317 g/mol. The summed E-state index contributed by atoms with van der Waals surface area (Å²) in [6.45, 7) is 5.58. The molecule has 2 heterocycles. The Morgan fingerprint density at radius 3 is 2.79 bits per heavy atom. The van der Waals surface area contributed by atoms with Crippen LogP contribution in [0.15, 0.2) is 60.6 Å². The smallest absolute Gasteiger partial charge is 0.0624 e. The Morgan fingerprint density at radius 1 is 1.17 bits per heavy atom. The van der Waals surface area contributed by atoms with E-state index in [9.17, 15) is 0 Å². The van der Waals surface area contributed by atoms with E-state index in [0.717, 1.165) is 31.7 Å². The third-order valence-electron chi connectivity index (χ3n) is 5.23. The van der Waals surface area contributed by atoms with Crippen molar-refractivity contribution in [1.29, 1.82) is 0 Å². The average Bonchev–Trinajstić information content (AvgIpc) is 3.27. The molecule has 0 radical (unpaired) electrons. The van der Waals surface area contributed by atoms with Crippen LogP contribution in [0.3, 0.4) is 0 Å². The van der Waals surface area contributed by atoms with Crippen LogP contribution in [-0.4, -0.2) is 34.5 Å². The molecule has 0 saturated carbocycles. The van der Waals surface area contributed by atoms with E-state index < -0.39 is 0 Å². The normalized spacial score (nSPS) is 20.9. The number of benzene rings is 1. The molecule has 2 atom stereocenters. The predicted molar refractivity (Wildman–Crippen MR) is 97.8 cm³/mol. The highest BCUT2D eigenvalue weighted by Gasteiger charge is 2.31. The topological polar surface area (TPSA) is 29.0 Å². The fourth-order valence-electron chi connectivity index (χ4n) is 3.94. The SMILES string of the molecule is CC(c1cnccn1)C1C(CCN2CC=CC2)=Cc2ccccc21. The van der Waals surface area contributed by atoms with Crippen LogP contribution in [0, 0.1) is 0 Å². The van der Waals surface area contributed by atoms with Crippen molar-refractivity contribution in [3.63, 3.8) is 0 Å². The third-order valence-corrected chi connectivity index (χ3v) is 5.23. The van der Waals surface area contributed by atoms with Crippen LogP contribution in [0.4, 0.5) is 0 Å². The Balaban J connectivity index is 1.59. The highest BCUT2D eigenvalue weighted by atomic mass is 15.1. The number of hydrogen-bond donors (Lipinski definition) is 0. The van der Waals surface area contributed by atoms with Crippen LogP contribution >= 0.6 is 0 Å². The molecule has 0 fully saturated rings. The monoisotopic (exact) mass is 317 g/mol. The molecule has 1 aromatic heterocycles. The first-order valence-corrected chi connectivity index (χ1v) is 8.75. The van der Waals surface area contributed by atoms with Crippen molar-refractivity contribution in [2.45, 2.75) is 25.2 Å². The molecule has 3 nitrogen and oxygen atoms in total. The van der Waals surface area contributed by atoms with Crippen molar-refractivity contribution in [3.8, 4) is 0 Å². The first-order valence-electron chi connectivity index (χ1n) is 8.75. The van der Waals surface area contributed by atoms with Gasteiger partial charge in [-0.2, -0.15) is 0 Å². The van der Waals surface area contributed by atoms with E-state index in [1.807, 2.05) is 6.20 Å².